The first kappa shape index (κ1) is 16.0. The fourth-order valence-corrected chi connectivity index (χ4v) is 2.64. The Labute approximate surface area is 127 Å². The van der Waals surface area contributed by atoms with Gasteiger partial charge in [0.1, 0.15) is 6.10 Å². The van der Waals surface area contributed by atoms with Gasteiger partial charge in [0, 0.05) is 19.7 Å². The van der Waals surface area contributed by atoms with Crippen LogP contribution in [0.4, 0.5) is 0 Å². The SMILES string of the molecule is CCO[C@@H](C)C(=O)N1CCO[C@@H](CCc2ccccc2)C1. The minimum Gasteiger partial charge on any atom is -0.375 e. The summed E-state index contributed by atoms with van der Waals surface area (Å²) in [6.07, 6.45) is 1.69. The maximum absolute atomic E-state index is 12.3. The Morgan fingerprint density at radius 3 is 2.90 bits per heavy atom. The highest BCUT2D eigenvalue weighted by molar-refractivity contribution is 5.80. The second kappa shape index (κ2) is 8.15. The second-order valence-electron chi connectivity index (χ2n) is 5.40. The fraction of sp³-hybridized carbons (Fsp3) is 0.588. The number of nitrogens with zero attached hydrogens (tertiary/aromatic N) is 1. The lowest BCUT2D eigenvalue weighted by molar-refractivity contribution is -0.149. The van der Waals surface area contributed by atoms with E-state index in [0.717, 1.165) is 12.8 Å². The molecule has 1 saturated heterocycles. The van der Waals surface area contributed by atoms with Gasteiger partial charge in [-0.25, -0.2) is 0 Å². The molecule has 0 N–H and O–H groups in total. The Hall–Kier alpha value is -1.39. The Morgan fingerprint density at radius 2 is 2.19 bits per heavy atom. The zero-order valence-electron chi connectivity index (χ0n) is 13.0. The van der Waals surface area contributed by atoms with Crippen molar-refractivity contribution in [2.75, 3.05) is 26.3 Å². The molecule has 1 aliphatic heterocycles. The number of morpholine rings is 1. The summed E-state index contributed by atoms with van der Waals surface area (Å²) in [5, 5.41) is 0. The van der Waals surface area contributed by atoms with Crippen molar-refractivity contribution in [3.8, 4) is 0 Å². The van der Waals surface area contributed by atoms with Gasteiger partial charge in [-0.05, 0) is 32.3 Å². The molecule has 1 heterocycles. The zero-order valence-corrected chi connectivity index (χ0v) is 13.0. The zero-order chi connectivity index (χ0) is 15.1. The molecule has 116 valence electrons. The first-order chi connectivity index (χ1) is 10.2. The van der Waals surface area contributed by atoms with Crippen molar-refractivity contribution in [3.05, 3.63) is 35.9 Å². The molecule has 1 fully saturated rings. The van der Waals surface area contributed by atoms with Gasteiger partial charge in [0.15, 0.2) is 0 Å². The molecule has 0 saturated carbocycles. The Morgan fingerprint density at radius 1 is 1.43 bits per heavy atom. The van der Waals surface area contributed by atoms with Crippen molar-refractivity contribution in [1.29, 1.82) is 0 Å². The number of hydrogen-bond donors (Lipinski definition) is 0. The second-order valence-corrected chi connectivity index (χ2v) is 5.40. The molecule has 1 aromatic carbocycles. The van der Waals surface area contributed by atoms with E-state index in [1.54, 1.807) is 0 Å². The van der Waals surface area contributed by atoms with Crippen LogP contribution in [-0.4, -0.2) is 49.3 Å². The van der Waals surface area contributed by atoms with Crippen LogP contribution in [0, 0.1) is 0 Å². The third-order valence-electron chi connectivity index (χ3n) is 3.81. The van der Waals surface area contributed by atoms with E-state index in [4.69, 9.17) is 9.47 Å². The number of carbonyl (C=O) groups excluding carboxylic acids is 1. The van der Waals surface area contributed by atoms with Gasteiger partial charge in [-0.2, -0.15) is 0 Å². The predicted octanol–water partition coefficient (Wildman–Crippen LogP) is 2.27. The molecule has 0 bridgehead atoms. The highest BCUT2D eigenvalue weighted by Gasteiger charge is 2.27. The molecule has 21 heavy (non-hydrogen) atoms. The van der Waals surface area contributed by atoms with E-state index in [9.17, 15) is 4.79 Å². The Kier molecular flexibility index (Phi) is 6.21. The molecule has 0 spiro atoms. The molecule has 4 nitrogen and oxygen atoms in total. The van der Waals surface area contributed by atoms with E-state index >= 15 is 0 Å². The summed E-state index contributed by atoms with van der Waals surface area (Å²) in [7, 11) is 0. The summed E-state index contributed by atoms with van der Waals surface area (Å²) in [4.78, 5) is 14.1. The maximum atomic E-state index is 12.3. The van der Waals surface area contributed by atoms with Crippen molar-refractivity contribution >= 4 is 5.91 Å². The molecule has 2 rings (SSSR count). The van der Waals surface area contributed by atoms with Crippen LogP contribution >= 0.6 is 0 Å². The maximum Gasteiger partial charge on any atom is 0.251 e. The van der Waals surface area contributed by atoms with Gasteiger partial charge in [-0.15, -0.1) is 0 Å². The van der Waals surface area contributed by atoms with Gasteiger partial charge in [0.25, 0.3) is 5.91 Å². The van der Waals surface area contributed by atoms with E-state index in [0.29, 0.717) is 26.3 Å². The molecule has 1 aromatic rings. The molecular formula is C17H25NO3. The number of benzene rings is 1. The van der Waals surface area contributed by atoms with Crippen LogP contribution < -0.4 is 0 Å². The van der Waals surface area contributed by atoms with Crippen molar-refractivity contribution in [1.82, 2.24) is 4.90 Å². The molecule has 0 aliphatic carbocycles. The average molecular weight is 291 g/mol. The van der Waals surface area contributed by atoms with Gasteiger partial charge >= 0.3 is 0 Å². The molecule has 4 heteroatoms. The summed E-state index contributed by atoms with van der Waals surface area (Å²) in [5.74, 6) is 0.0739. The predicted molar refractivity (Wildman–Crippen MR) is 82.2 cm³/mol. The summed E-state index contributed by atoms with van der Waals surface area (Å²) in [6.45, 7) is 6.24. The van der Waals surface area contributed by atoms with Gasteiger partial charge in [0.2, 0.25) is 0 Å². The molecule has 0 aromatic heterocycles. The first-order valence-corrected chi connectivity index (χ1v) is 7.76. The molecule has 2 atom stereocenters. The fourth-order valence-electron chi connectivity index (χ4n) is 2.64. The van der Waals surface area contributed by atoms with Crippen molar-refractivity contribution < 1.29 is 14.3 Å². The summed E-state index contributed by atoms with van der Waals surface area (Å²) in [6, 6.07) is 10.4. The lowest BCUT2D eigenvalue weighted by Crippen LogP contribution is -2.49. The number of hydrogen-bond acceptors (Lipinski definition) is 3. The summed E-state index contributed by atoms with van der Waals surface area (Å²) < 4.78 is 11.2. The van der Waals surface area contributed by atoms with Gasteiger partial charge in [0.05, 0.1) is 12.7 Å². The third-order valence-corrected chi connectivity index (χ3v) is 3.81. The number of rotatable bonds is 6. The molecular weight excluding hydrogens is 266 g/mol. The van der Waals surface area contributed by atoms with Crippen LogP contribution in [0.15, 0.2) is 30.3 Å². The van der Waals surface area contributed by atoms with Gasteiger partial charge in [-0.1, -0.05) is 30.3 Å². The van der Waals surface area contributed by atoms with Crippen molar-refractivity contribution in [3.63, 3.8) is 0 Å². The standard InChI is InChI=1S/C17H25NO3/c1-3-20-14(2)17(19)18-11-12-21-16(13-18)10-9-15-7-5-4-6-8-15/h4-8,14,16H,3,9-13H2,1-2H3/t14-,16-/m0/s1. The lowest BCUT2D eigenvalue weighted by Gasteiger charge is -2.34. The molecule has 0 unspecified atom stereocenters. The monoisotopic (exact) mass is 291 g/mol. The van der Waals surface area contributed by atoms with E-state index in [1.165, 1.54) is 5.56 Å². The third kappa shape index (κ3) is 4.83. The lowest BCUT2D eigenvalue weighted by atomic mass is 10.1. The van der Waals surface area contributed by atoms with Crippen LogP contribution in [0.25, 0.3) is 0 Å². The largest absolute Gasteiger partial charge is 0.375 e. The minimum absolute atomic E-state index is 0.0739. The van der Waals surface area contributed by atoms with Crippen molar-refractivity contribution in [2.45, 2.75) is 38.9 Å². The van der Waals surface area contributed by atoms with Crippen LogP contribution in [0.1, 0.15) is 25.8 Å². The number of amides is 1. The minimum atomic E-state index is -0.358. The van der Waals surface area contributed by atoms with E-state index in [1.807, 2.05) is 24.8 Å². The van der Waals surface area contributed by atoms with Crippen LogP contribution in [-0.2, 0) is 20.7 Å². The Bertz CT molecular complexity index is 435. The quantitative estimate of drug-likeness (QED) is 0.807. The first-order valence-electron chi connectivity index (χ1n) is 7.76. The number of ether oxygens (including phenoxy) is 2. The van der Waals surface area contributed by atoms with E-state index < -0.39 is 0 Å². The highest BCUT2D eigenvalue weighted by atomic mass is 16.5. The molecule has 1 aliphatic rings. The smallest absolute Gasteiger partial charge is 0.251 e. The van der Waals surface area contributed by atoms with Crippen LogP contribution in [0.5, 0.6) is 0 Å². The number of carbonyl (C=O) groups is 1. The molecule has 0 radical (unpaired) electrons. The normalized spacial score (nSPS) is 20.3. The highest BCUT2D eigenvalue weighted by Crippen LogP contribution is 2.14. The van der Waals surface area contributed by atoms with Gasteiger partial charge < -0.3 is 14.4 Å². The van der Waals surface area contributed by atoms with Crippen LogP contribution in [0.3, 0.4) is 0 Å². The van der Waals surface area contributed by atoms with Gasteiger partial charge in [-0.3, -0.25) is 4.79 Å². The molecule has 1 amide bonds. The van der Waals surface area contributed by atoms with E-state index in [2.05, 4.69) is 24.3 Å². The van der Waals surface area contributed by atoms with E-state index in [-0.39, 0.29) is 18.1 Å². The Balaban J connectivity index is 1.82. The number of aryl methyl sites for hydroxylation is 1. The van der Waals surface area contributed by atoms with Crippen LogP contribution in [0.2, 0.25) is 0 Å². The summed E-state index contributed by atoms with van der Waals surface area (Å²) >= 11 is 0. The van der Waals surface area contributed by atoms with Crippen molar-refractivity contribution in [2.24, 2.45) is 0 Å². The average Bonchev–Trinajstić information content (AvgIpc) is 2.54. The topological polar surface area (TPSA) is 38.8 Å². The summed E-state index contributed by atoms with van der Waals surface area (Å²) in [5.41, 5.74) is 1.31.